The molecule has 2 aromatic heterocycles. The average molecular weight is 550 g/mol. The molecule has 3 atom stereocenters. The first-order chi connectivity index (χ1) is 18.4. The lowest BCUT2D eigenvalue weighted by Gasteiger charge is -2.35. The molecule has 39 heavy (non-hydrogen) atoms. The Morgan fingerprint density at radius 3 is 2.79 bits per heavy atom. The van der Waals surface area contributed by atoms with Crippen LogP contribution in [-0.2, 0) is 9.47 Å². The van der Waals surface area contributed by atoms with Crippen molar-refractivity contribution in [1.82, 2.24) is 9.97 Å². The van der Waals surface area contributed by atoms with Crippen LogP contribution in [0.2, 0.25) is 0 Å². The maximum Gasteiger partial charge on any atom is 0.391 e. The number of nitrogens with zero attached hydrogens (tertiary/aromatic N) is 4. The summed E-state index contributed by atoms with van der Waals surface area (Å²) in [6.07, 6.45) is -3.27. The highest BCUT2D eigenvalue weighted by atomic mass is 19.4. The van der Waals surface area contributed by atoms with E-state index in [4.69, 9.17) is 14.2 Å². The number of amides is 2. The van der Waals surface area contributed by atoms with Crippen LogP contribution in [0.3, 0.4) is 0 Å². The number of fused-ring (bicyclic) bond motifs is 4. The van der Waals surface area contributed by atoms with Gasteiger partial charge in [-0.1, -0.05) is 6.92 Å². The van der Waals surface area contributed by atoms with Gasteiger partial charge in [0.1, 0.15) is 30.0 Å². The standard InChI is InChI=1S/C26H30F3N5O5/c1-15(26(27,28)29)10-21(35)19-4-5-20-23(31-19)34(16-7-9-33(20)12-16)24(36)32-22-11-17(6-8-30-22)37-13-18-14-38-25(2,3)39-18/h4-6,8,11,15-16,18H,7,9-10,12-14H2,1-3H3,(H,30,32,36)/t15-,16-,18-/m0/s1. The number of pyridine rings is 2. The van der Waals surface area contributed by atoms with Crippen LogP contribution in [0.5, 0.6) is 5.75 Å². The number of aromatic nitrogens is 2. The fourth-order valence-corrected chi connectivity index (χ4v) is 4.90. The van der Waals surface area contributed by atoms with E-state index >= 15 is 0 Å². The summed E-state index contributed by atoms with van der Waals surface area (Å²) in [6, 6.07) is 5.56. The van der Waals surface area contributed by atoms with Crippen molar-refractivity contribution in [3.05, 3.63) is 36.2 Å². The van der Waals surface area contributed by atoms with Gasteiger partial charge in [0.25, 0.3) is 0 Å². The maximum absolute atomic E-state index is 13.5. The summed E-state index contributed by atoms with van der Waals surface area (Å²) < 4.78 is 56.1. The molecule has 210 valence electrons. The summed E-state index contributed by atoms with van der Waals surface area (Å²) in [4.78, 5) is 38.2. The summed E-state index contributed by atoms with van der Waals surface area (Å²) in [5.74, 6) is -2.25. The van der Waals surface area contributed by atoms with E-state index in [0.29, 0.717) is 37.6 Å². The molecular weight excluding hydrogens is 519 g/mol. The van der Waals surface area contributed by atoms with Gasteiger partial charge in [0.05, 0.1) is 24.3 Å². The van der Waals surface area contributed by atoms with Gasteiger partial charge in [0.2, 0.25) is 0 Å². The smallest absolute Gasteiger partial charge is 0.391 e. The minimum absolute atomic E-state index is 0.111. The third-order valence-corrected chi connectivity index (χ3v) is 6.98. The Labute approximate surface area is 223 Å². The predicted molar refractivity (Wildman–Crippen MR) is 135 cm³/mol. The third kappa shape index (κ3) is 5.93. The molecule has 2 fully saturated rings. The summed E-state index contributed by atoms with van der Waals surface area (Å²) in [7, 11) is 0. The number of rotatable bonds is 7. The van der Waals surface area contributed by atoms with Crippen LogP contribution >= 0.6 is 0 Å². The van der Waals surface area contributed by atoms with E-state index in [1.54, 1.807) is 18.2 Å². The van der Waals surface area contributed by atoms with Crippen molar-refractivity contribution in [1.29, 1.82) is 0 Å². The Balaban J connectivity index is 1.31. The first-order valence-electron chi connectivity index (χ1n) is 12.8. The van der Waals surface area contributed by atoms with Crippen molar-refractivity contribution >= 4 is 29.1 Å². The fourth-order valence-electron chi connectivity index (χ4n) is 4.90. The van der Waals surface area contributed by atoms with Crippen molar-refractivity contribution in [2.24, 2.45) is 5.92 Å². The van der Waals surface area contributed by atoms with Crippen LogP contribution in [0.4, 0.5) is 35.3 Å². The molecule has 2 bridgehead atoms. The van der Waals surface area contributed by atoms with E-state index in [0.717, 1.165) is 6.92 Å². The number of halogens is 3. The lowest BCUT2D eigenvalue weighted by atomic mass is 10.0. The molecule has 0 unspecified atom stereocenters. The second-order valence-corrected chi connectivity index (χ2v) is 10.4. The van der Waals surface area contributed by atoms with Crippen molar-refractivity contribution in [2.75, 3.05) is 41.4 Å². The van der Waals surface area contributed by atoms with Gasteiger partial charge in [-0.3, -0.25) is 15.0 Å². The molecule has 0 spiro atoms. The van der Waals surface area contributed by atoms with Crippen molar-refractivity contribution in [3.8, 4) is 5.75 Å². The molecule has 3 aliphatic heterocycles. The molecule has 0 aromatic carbocycles. The largest absolute Gasteiger partial charge is 0.491 e. The molecule has 1 N–H and O–H groups in total. The van der Waals surface area contributed by atoms with E-state index in [2.05, 4.69) is 15.3 Å². The molecular formula is C26H30F3N5O5. The van der Waals surface area contributed by atoms with E-state index in [1.807, 2.05) is 18.7 Å². The van der Waals surface area contributed by atoms with Gasteiger partial charge in [-0.25, -0.2) is 14.8 Å². The van der Waals surface area contributed by atoms with Gasteiger partial charge in [-0.05, 0) is 38.5 Å². The summed E-state index contributed by atoms with van der Waals surface area (Å²) in [5, 5.41) is 2.77. The van der Waals surface area contributed by atoms with Crippen LogP contribution in [0.25, 0.3) is 0 Å². The summed E-state index contributed by atoms with van der Waals surface area (Å²) in [6.45, 7) is 6.54. The highest BCUT2D eigenvalue weighted by Crippen LogP contribution is 2.39. The number of ketones is 1. The first kappa shape index (κ1) is 27.1. The Kier molecular flexibility index (Phi) is 7.14. The topological polar surface area (TPSA) is 106 Å². The van der Waals surface area contributed by atoms with Gasteiger partial charge in [0, 0.05) is 31.8 Å². The molecule has 2 amide bonds. The number of alkyl halides is 3. The fraction of sp³-hybridized carbons (Fsp3) is 0.538. The molecule has 2 aromatic rings. The zero-order valence-electron chi connectivity index (χ0n) is 21.8. The van der Waals surface area contributed by atoms with Crippen molar-refractivity contribution in [2.45, 2.75) is 57.7 Å². The number of urea groups is 1. The molecule has 13 heteroatoms. The number of carbonyl (C=O) groups excluding carboxylic acids is 2. The Morgan fingerprint density at radius 1 is 1.28 bits per heavy atom. The van der Waals surface area contributed by atoms with Gasteiger partial charge < -0.3 is 19.1 Å². The lowest BCUT2D eigenvalue weighted by molar-refractivity contribution is -0.168. The number of ether oxygens (including phenoxy) is 3. The van der Waals surface area contributed by atoms with Gasteiger partial charge in [-0.15, -0.1) is 0 Å². The zero-order chi connectivity index (χ0) is 27.9. The number of Topliss-reactive ketones (excluding diaryl/α,β-unsaturated/α-hetero) is 1. The Hall–Kier alpha value is -3.45. The van der Waals surface area contributed by atoms with Crippen LogP contribution in [0.15, 0.2) is 30.5 Å². The molecule has 3 aliphatic rings. The minimum Gasteiger partial charge on any atom is -0.491 e. The molecule has 10 nitrogen and oxygen atoms in total. The van der Waals surface area contributed by atoms with Gasteiger partial charge in [-0.2, -0.15) is 13.2 Å². The number of hydrogen-bond acceptors (Lipinski definition) is 8. The highest BCUT2D eigenvalue weighted by molar-refractivity contribution is 6.05. The number of nitrogens with one attached hydrogen (secondary N) is 1. The Morgan fingerprint density at radius 2 is 2.08 bits per heavy atom. The second kappa shape index (κ2) is 10.3. The van der Waals surface area contributed by atoms with Gasteiger partial charge in [0.15, 0.2) is 17.4 Å². The van der Waals surface area contributed by atoms with Crippen LogP contribution in [0.1, 0.15) is 44.1 Å². The molecule has 5 heterocycles. The molecule has 0 radical (unpaired) electrons. The number of hydrogen-bond donors (Lipinski definition) is 1. The number of anilines is 3. The first-order valence-corrected chi connectivity index (χ1v) is 12.8. The lowest BCUT2D eigenvalue weighted by Crippen LogP contribution is -2.48. The molecule has 2 saturated heterocycles. The summed E-state index contributed by atoms with van der Waals surface area (Å²) in [5.41, 5.74) is 0.533. The maximum atomic E-state index is 13.5. The average Bonchev–Trinajstić information content (AvgIpc) is 3.45. The third-order valence-electron chi connectivity index (χ3n) is 6.98. The molecule has 5 rings (SSSR count). The summed E-state index contributed by atoms with van der Waals surface area (Å²) >= 11 is 0. The van der Waals surface area contributed by atoms with Crippen molar-refractivity contribution in [3.63, 3.8) is 0 Å². The van der Waals surface area contributed by atoms with Crippen LogP contribution in [-0.4, -0.2) is 72.2 Å². The quantitative estimate of drug-likeness (QED) is 0.507. The normalized spacial score (nSPS) is 22.4. The second-order valence-electron chi connectivity index (χ2n) is 10.4. The molecule has 0 saturated carbocycles. The molecule has 0 aliphatic carbocycles. The van der Waals surface area contributed by atoms with E-state index in [9.17, 15) is 22.8 Å². The zero-order valence-corrected chi connectivity index (χ0v) is 21.8. The van der Waals surface area contributed by atoms with E-state index < -0.39 is 36.1 Å². The van der Waals surface area contributed by atoms with Crippen molar-refractivity contribution < 1.29 is 37.0 Å². The Bertz CT molecular complexity index is 1260. The van der Waals surface area contributed by atoms with E-state index in [-0.39, 0.29) is 36.1 Å². The van der Waals surface area contributed by atoms with Gasteiger partial charge >= 0.3 is 12.2 Å². The monoisotopic (exact) mass is 549 g/mol. The number of carbonyl (C=O) groups is 2. The predicted octanol–water partition coefficient (Wildman–Crippen LogP) is 4.41. The van der Waals surface area contributed by atoms with Crippen LogP contribution < -0.4 is 19.9 Å². The SMILES string of the molecule is C[C@@H](CC(=O)c1ccc2c(n1)N(C(=O)Nc1cc(OC[C@H]3COC(C)(C)O3)ccn1)[C@H]1CCN2C1)C(F)(F)F. The van der Waals surface area contributed by atoms with E-state index in [1.165, 1.54) is 17.2 Å². The van der Waals surface area contributed by atoms with Crippen LogP contribution in [0, 0.1) is 5.92 Å². The highest BCUT2D eigenvalue weighted by Gasteiger charge is 2.42. The minimum atomic E-state index is -4.49.